The van der Waals surface area contributed by atoms with E-state index in [1.165, 1.54) is 11.3 Å². The summed E-state index contributed by atoms with van der Waals surface area (Å²) < 4.78 is 0. The first-order valence-electron chi connectivity index (χ1n) is 8.52. The van der Waals surface area contributed by atoms with Gasteiger partial charge in [0.15, 0.2) is 5.13 Å². The fourth-order valence-corrected chi connectivity index (χ4v) is 3.73. The van der Waals surface area contributed by atoms with Crippen molar-refractivity contribution in [3.63, 3.8) is 0 Å². The number of hydrogen-bond acceptors (Lipinski definition) is 4. The van der Waals surface area contributed by atoms with Crippen LogP contribution >= 0.6 is 34.5 Å². The van der Waals surface area contributed by atoms with Gasteiger partial charge in [-0.2, -0.15) is 0 Å². The van der Waals surface area contributed by atoms with Gasteiger partial charge in [0.25, 0.3) is 0 Å². The molecule has 0 unspecified atom stereocenters. The third kappa shape index (κ3) is 5.79. The van der Waals surface area contributed by atoms with Gasteiger partial charge in [-0.05, 0) is 23.8 Å². The van der Waals surface area contributed by atoms with E-state index in [0.29, 0.717) is 27.3 Å². The molecular formula is C20H17Cl2N3O2S. The Bertz CT molecular complexity index is 977. The molecule has 5 nitrogen and oxygen atoms in total. The SMILES string of the molecule is O=C(Cc1ccccc1)NCCC(=O)Nc1nc(-c2ccc(Cl)cc2Cl)cs1. The number of nitrogens with zero attached hydrogens (tertiary/aromatic N) is 1. The summed E-state index contributed by atoms with van der Waals surface area (Å²) in [7, 11) is 0. The summed E-state index contributed by atoms with van der Waals surface area (Å²) in [6.07, 6.45) is 0.456. The molecule has 0 aliphatic rings. The Labute approximate surface area is 176 Å². The second-order valence-corrected chi connectivity index (χ2v) is 7.67. The molecule has 0 saturated heterocycles. The van der Waals surface area contributed by atoms with Gasteiger partial charge in [-0.1, -0.05) is 53.5 Å². The van der Waals surface area contributed by atoms with Crippen LogP contribution in [0, 0.1) is 0 Å². The van der Waals surface area contributed by atoms with Crippen LogP contribution in [0.5, 0.6) is 0 Å². The second-order valence-electron chi connectivity index (χ2n) is 5.97. The number of hydrogen-bond donors (Lipinski definition) is 2. The Balaban J connectivity index is 1.46. The van der Waals surface area contributed by atoms with Crippen LogP contribution in [0.15, 0.2) is 53.9 Å². The summed E-state index contributed by atoms with van der Waals surface area (Å²) in [5.74, 6) is -0.337. The molecule has 1 aromatic heterocycles. The molecule has 0 aliphatic heterocycles. The quantitative estimate of drug-likeness (QED) is 0.561. The first kappa shape index (κ1) is 20.3. The first-order valence-corrected chi connectivity index (χ1v) is 10.2. The minimum atomic E-state index is -0.219. The van der Waals surface area contributed by atoms with Gasteiger partial charge >= 0.3 is 0 Å². The van der Waals surface area contributed by atoms with Crippen LogP contribution in [-0.4, -0.2) is 23.3 Å². The van der Waals surface area contributed by atoms with E-state index in [2.05, 4.69) is 15.6 Å². The van der Waals surface area contributed by atoms with E-state index in [1.54, 1.807) is 18.2 Å². The standard InChI is InChI=1S/C20H17Cl2N3O2S/c21-14-6-7-15(16(22)11-14)17-12-28-20(24-17)25-18(26)8-9-23-19(27)10-13-4-2-1-3-5-13/h1-7,11-12H,8-10H2,(H,23,27)(H,24,25,26). The van der Waals surface area contributed by atoms with Crippen LogP contribution in [0.2, 0.25) is 10.0 Å². The van der Waals surface area contributed by atoms with Crippen molar-refractivity contribution < 1.29 is 9.59 Å². The van der Waals surface area contributed by atoms with Gasteiger partial charge in [0.1, 0.15) is 0 Å². The largest absolute Gasteiger partial charge is 0.355 e. The van der Waals surface area contributed by atoms with Gasteiger partial charge < -0.3 is 10.6 Å². The van der Waals surface area contributed by atoms with Gasteiger partial charge in [-0.15, -0.1) is 11.3 Å². The Morgan fingerprint density at radius 3 is 2.57 bits per heavy atom. The van der Waals surface area contributed by atoms with E-state index in [4.69, 9.17) is 23.2 Å². The van der Waals surface area contributed by atoms with E-state index in [0.717, 1.165) is 11.1 Å². The smallest absolute Gasteiger partial charge is 0.227 e. The molecule has 2 aromatic carbocycles. The van der Waals surface area contributed by atoms with Crippen molar-refractivity contribution in [1.82, 2.24) is 10.3 Å². The van der Waals surface area contributed by atoms with Crippen LogP contribution in [0.25, 0.3) is 11.3 Å². The molecule has 3 aromatic rings. The third-order valence-electron chi connectivity index (χ3n) is 3.84. The van der Waals surface area contributed by atoms with Crippen molar-refractivity contribution in [2.75, 3.05) is 11.9 Å². The summed E-state index contributed by atoms with van der Waals surface area (Å²) in [5, 5.41) is 8.81. The number of carbonyl (C=O) groups excluding carboxylic acids is 2. The Hall–Kier alpha value is -2.41. The summed E-state index contributed by atoms with van der Waals surface area (Å²) in [6, 6.07) is 14.6. The minimum Gasteiger partial charge on any atom is -0.355 e. The number of nitrogens with one attached hydrogen (secondary N) is 2. The highest BCUT2D eigenvalue weighted by molar-refractivity contribution is 7.14. The van der Waals surface area contributed by atoms with Crippen molar-refractivity contribution in [2.45, 2.75) is 12.8 Å². The molecule has 1 heterocycles. The maximum Gasteiger partial charge on any atom is 0.227 e. The van der Waals surface area contributed by atoms with Crippen molar-refractivity contribution in [1.29, 1.82) is 0 Å². The molecule has 0 atom stereocenters. The predicted octanol–water partition coefficient (Wildman–Crippen LogP) is 4.80. The lowest BCUT2D eigenvalue weighted by atomic mass is 10.1. The van der Waals surface area contributed by atoms with Gasteiger partial charge in [0.05, 0.1) is 17.1 Å². The van der Waals surface area contributed by atoms with Crippen molar-refractivity contribution in [3.05, 3.63) is 69.5 Å². The van der Waals surface area contributed by atoms with E-state index in [-0.39, 0.29) is 24.8 Å². The molecule has 3 rings (SSSR count). The summed E-state index contributed by atoms with van der Waals surface area (Å²) in [4.78, 5) is 28.3. The molecule has 0 spiro atoms. The fraction of sp³-hybridized carbons (Fsp3) is 0.150. The zero-order valence-corrected chi connectivity index (χ0v) is 17.1. The molecule has 0 radical (unpaired) electrons. The summed E-state index contributed by atoms with van der Waals surface area (Å²) in [6.45, 7) is 0.263. The van der Waals surface area contributed by atoms with Crippen LogP contribution in [0.3, 0.4) is 0 Å². The van der Waals surface area contributed by atoms with Crippen LogP contribution in [0.4, 0.5) is 5.13 Å². The van der Waals surface area contributed by atoms with Gasteiger partial charge in [-0.3, -0.25) is 9.59 Å². The molecule has 0 fully saturated rings. The average molecular weight is 434 g/mol. The highest BCUT2D eigenvalue weighted by Gasteiger charge is 2.11. The minimum absolute atomic E-state index is 0.118. The topological polar surface area (TPSA) is 71.1 Å². The molecule has 0 bridgehead atoms. The third-order valence-corrected chi connectivity index (χ3v) is 5.14. The van der Waals surface area contributed by atoms with Crippen molar-refractivity contribution in [2.24, 2.45) is 0 Å². The number of rotatable bonds is 7. The fourth-order valence-electron chi connectivity index (χ4n) is 2.49. The number of thiazole rings is 1. The molecule has 0 saturated carbocycles. The highest BCUT2D eigenvalue weighted by Crippen LogP contribution is 2.32. The molecule has 8 heteroatoms. The Morgan fingerprint density at radius 2 is 1.82 bits per heavy atom. The highest BCUT2D eigenvalue weighted by atomic mass is 35.5. The van der Waals surface area contributed by atoms with E-state index < -0.39 is 0 Å². The monoisotopic (exact) mass is 433 g/mol. The molecule has 2 N–H and O–H groups in total. The number of halogens is 2. The lowest BCUT2D eigenvalue weighted by Crippen LogP contribution is -2.28. The van der Waals surface area contributed by atoms with Crippen LogP contribution < -0.4 is 10.6 Å². The van der Waals surface area contributed by atoms with Gasteiger partial charge in [-0.25, -0.2) is 4.98 Å². The maximum atomic E-state index is 12.1. The zero-order chi connectivity index (χ0) is 19.9. The number of amides is 2. The lowest BCUT2D eigenvalue weighted by Gasteiger charge is -2.05. The van der Waals surface area contributed by atoms with Crippen LogP contribution in [-0.2, 0) is 16.0 Å². The molecular weight excluding hydrogens is 417 g/mol. The Morgan fingerprint density at radius 1 is 1.04 bits per heavy atom. The second kappa shape index (κ2) is 9.68. The zero-order valence-electron chi connectivity index (χ0n) is 14.7. The number of anilines is 1. The van der Waals surface area contributed by atoms with Crippen LogP contribution in [0.1, 0.15) is 12.0 Å². The predicted molar refractivity (Wildman–Crippen MR) is 114 cm³/mol. The Kier molecular flexibility index (Phi) is 7.03. The van der Waals surface area contributed by atoms with Gasteiger partial charge in [0.2, 0.25) is 11.8 Å². The van der Waals surface area contributed by atoms with E-state index in [1.807, 2.05) is 35.7 Å². The molecule has 28 heavy (non-hydrogen) atoms. The number of carbonyl (C=O) groups is 2. The van der Waals surface area contributed by atoms with Gasteiger partial charge in [0, 0.05) is 28.9 Å². The first-order chi connectivity index (χ1) is 13.5. The summed E-state index contributed by atoms with van der Waals surface area (Å²) in [5.41, 5.74) is 2.34. The van der Waals surface area contributed by atoms with Crippen molar-refractivity contribution >= 4 is 51.5 Å². The number of aromatic nitrogens is 1. The lowest BCUT2D eigenvalue weighted by molar-refractivity contribution is -0.120. The summed E-state index contributed by atoms with van der Waals surface area (Å²) >= 11 is 13.4. The average Bonchev–Trinajstić information content (AvgIpc) is 3.10. The normalized spacial score (nSPS) is 10.5. The van der Waals surface area contributed by atoms with E-state index >= 15 is 0 Å². The molecule has 0 aliphatic carbocycles. The maximum absolute atomic E-state index is 12.1. The number of benzene rings is 2. The van der Waals surface area contributed by atoms with Crippen molar-refractivity contribution in [3.8, 4) is 11.3 Å². The molecule has 144 valence electrons. The van der Waals surface area contributed by atoms with E-state index in [9.17, 15) is 9.59 Å². The molecule has 2 amide bonds.